The molecule has 2 N–H and O–H groups in total. The van der Waals surface area contributed by atoms with Crippen LogP contribution in [0.2, 0.25) is 5.02 Å². The molecule has 0 aliphatic rings. The highest BCUT2D eigenvalue weighted by Crippen LogP contribution is 2.17. The average Bonchev–Trinajstić information content (AvgIpc) is 2.56. The van der Waals surface area contributed by atoms with Gasteiger partial charge < -0.3 is 4.74 Å². The molecule has 0 spiro atoms. The number of benzene rings is 2. The maximum atomic E-state index is 11.8. The molecule has 0 fully saturated rings. The normalized spacial score (nSPS) is 10.1. The summed E-state index contributed by atoms with van der Waals surface area (Å²) in [5.41, 5.74) is 5.09. The third-order valence-corrected chi connectivity index (χ3v) is 3.74. The van der Waals surface area contributed by atoms with E-state index in [1.54, 1.807) is 18.2 Å². The molecule has 0 bridgehead atoms. The summed E-state index contributed by atoms with van der Waals surface area (Å²) in [4.78, 5) is 23.5. The van der Waals surface area contributed by atoms with Gasteiger partial charge in [0.1, 0.15) is 5.75 Å². The van der Waals surface area contributed by atoms with Gasteiger partial charge in [-0.2, -0.15) is 0 Å². The van der Waals surface area contributed by atoms with Crippen molar-refractivity contribution in [3.05, 3.63) is 63.6 Å². The van der Waals surface area contributed by atoms with Gasteiger partial charge in [0.05, 0.1) is 6.61 Å². The molecule has 2 amide bonds. The summed E-state index contributed by atoms with van der Waals surface area (Å²) < 4.78 is 6.47. The molecular weight excluding hydrogens is 396 g/mol. The van der Waals surface area contributed by atoms with E-state index >= 15 is 0 Å². The first kappa shape index (κ1) is 18.3. The zero-order valence-corrected chi connectivity index (χ0v) is 15.1. The molecule has 0 radical (unpaired) electrons. The molecule has 0 saturated carbocycles. The van der Waals surface area contributed by atoms with E-state index in [9.17, 15) is 9.59 Å². The van der Waals surface area contributed by atoms with E-state index in [0.717, 1.165) is 10.2 Å². The van der Waals surface area contributed by atoms with Crippen LogP contribution in [0.4, 0.5) is 0 Å². The lowest BCUT2D eigenvalue weighted by Gasteiger charge is -2.08. The minimum Gasteiger partial charge on any atom is -0.494 e. The Hall–Kier alpha value is -2.05. The van der Waals surface area contributed by atoms with Crippen LogP contribution >= 0.6 is 27.5 Å². The van der Waals surface area contributed by atoms with Gasteiger partial charge in [-0.05, 0) is 42.8 Å². The number of ether oxygens (including phenoxy) is 1. The van der Waals surface area contributed by atoms with E-state index in [1.807, 2.05) is 24.3 Å². The molecule has 0 heterocycles. The second kappa shape index (κ2) is 9.30. The Balaban J connectivity index is 1.65. The highest BCUT2D eigenvalue weighted by molar-refractivity contribution is 9.10. The summed E-state index contributed by atoms with van der Waals surface area (Å²) in [6, 6.07) is 13.9. The first-order chi connectivity index (χ1) is 11.5. The van der Waals surface area contributed by atoms with Gasteiger partial charge >= 0.3 is 0 Å². The fourth-order valence-corrected chi connectivity index (χ4v) is 2.44. The maximum Gasteiger partial charge on any atom is 0.269 e. The summed E-state index contributed by atoms with van der Waals surface area (Å²) in [7, 11) is 0. The maximum absolute atomic E-state index is 11.8. The second-order valence-corrected chi connectivity index (χ2v) is 6.27. The molecule has 0 atom stereocenters. The predicted octanol–water partition coefficient (Wildman–Crippen LogP) is 3.72. The van der Waals surface area contributed by atoms with E-state index in [1.165, 1.54) is 6.07 Å². The molecule has 0 aromatic heterocycles. The first-order valence-electron chi connectivity index (χ1n) is 7.28. The van der Waals surface area contributed by atoms with Gasteiger partial charge in [0, 0.05) is 21.5 Å². The summed E-state index contributed by atoms with van der Waals surface area (Å²) in [5.74, 6) is 0.0264. The minimum absolute atomic E-state index is 0.240. The number of rotatable bonds is 6. The molecular formula is C17H16BrClN2O3. The van der Waals surface area contributed by atoms with Crippen LogP contribution in [-0.4, -0.2) is 18.4 Å². The van der Waals surface area contributed by atoms with Crippen LogP contribution in [-0.2, 0) is 4.79 Å². The van der Waals surface area contributed by atoms with Gasteiger partial charge in [0.15, 0.2) is 0 Å². The van der Waals surface area contributed by atoms with Crippen LogP contribution < -0.4 is 15.6 Å². The number of hydrogen-bond donors (Lipinski definition) is 2. The van der Waals surface area contributed by atoms with E-state index in [2.05, 4.69) is 26.8 Å². The van der Waals surface area contributed by atoms with Crippen molar-refractivity contribution in [3.8, 4) is 5.75 Å². The van der Waals surface area contributed by atoms with Crippen LogP contribution in [0.15, 0.2) is 53.0 Å². The molecule has 126 valence electrons. The minimum atomic E-state index is -0.420. The summed E-state index contributed by atoms with van der Waals surface area (Å²) >= 11 is 9.17. The van der Waals surface area contributed by atoms with Gasteiger partial charge in [-0.15, -0.1) is 0 Å². The largest absolute Gasteiger partial charge is 0.494 e. The monoisotopic (exact) mass is 410 g/mol. The smallest absolute Gasteiger partial charge is 0.269 e. The Kier molecular flexibility index (Phi) is 7.08. The number of hydrogen-bond acceptors (Lipinski definition) is 3. The lowest BCUT2D eigenvalue weighted by molar-refractivity contribution is -0.122. The molecule has 0 aliphatic heterocycles. The standard InChI is InChI=1S/C17H16BrClN2O3/c18-13-5-2-7-15(11-13)24-9-3-8-16(22)20-21-17(23)12-4-1-6-14(19)10-12/h1-2,4-7,10-11H,3,8-9H2,(H,20,22)(H,21,23). The highest BCUT2D eigenvalue weighted by Gasteiger charge is 2.07. The number of carbonyl (C=O) groups excluding carboxylic acids is 2. The Morgan fingerprint density at radius 3 is 2.62 bits per heavy atom. The Morgan fingerprint density at radius 2 is 1.88 bits per heavy atom. The van der Waals surface area contributed by atoms with E-state index in [-0.39, 0.29) is 12.3 Å². The van der Waals surface area contributed by atoms with Crippen molar-refractivity contribution in [2.75, 3.05) is 6.61 Å². The second-order valence-electron chi connectivity index (χ2n) is 4.92. The number of carbonyl (C=O) groups is 2. The predicted molar refractivity (Wildman–Crippen MR) is 95.9 cm³/mol. The van der Waals surface area contributed by atoms with Gasteiger partial charge in [-0.3, -0.25) is 20.4 Å². The molecule has 24 heavy (non-hydrogen) atoms. The molecule has 0 aliphatic carbocycles. The first-order valence-corrected chi connectivity index (χ1v) is 8.45. The fourth-order valence-electron chi connectivity index (χ4n) is 1.87. The number of nitrogens with one attached hydrogen (secondary N) is 2. The average molecular weight is 412 g/mol. The zero-order valence-electron chi connectivity index (χ0n) is 12.7. The van der Waals surface area contributed by atoms with Crippen molar-refractivity contribution < 1.29 is 14.3 Å². The number of hydrazine groups is 1. The van der Waals surface area contributed by atoms with E-state index in [4.69, 9.17) is 16.3 Å². The van der Waals surface area contributed by atoms with Crippen LogP contribution in [0.1, 0.15) is 23.2 Å². The zero-order chi connectivity index (χ0) is 17.4. The third kappa shape index (κ3) is 6.22. The van der Waals surface area contributed by atoms with Crippen LogP contribution in [0.25, 0.3) is 0 Å². The molecule has 0 unspecified atom stereocenters. The Bertz CT molecular complexity index is 724. The fraction of sp³-hybridized carbons (Fsp3) is 0.176. The van der Waals surface area contributed by atoms with Crippen molar-refractivity contribution in [1.29, 1.82) is 0 Å². The van der Waals surface area contributed by atoms with Crippen molar-refractivity contribution in [2.45, 2.75) is 12.8 Å². The quantitative estimate of drug-likeness (QED) is 0.562. The summed E-state index contributed by atoms with van der Waals surface area (Å²) in [6.07, 6.45) is 0.773. The van der Waals surface area contributed by atoms with Gasteiger partial charge in [-0.1, -0.05) is 39.7 Å². The van der Waals surface area contributed by atoms with Crippen molar-refractivity contribution >= 4 is 39.3 Å². The van der Waals surface area contributed by atoms with Gasteiger partial charge in [0.2, 0.25) is 5.91 Å². The van der Waals surface area contributed by atoms with E-state index < -0.39 is 5.91 Å². The van der Waals surface area contributed by atoms with E-state index in [0.29, 0.717) is 23.6 Å². The summed E-state index contributed by atoms with van der Waals surface area (Å²) in [5, 5.41) is 0.457. The third-order valence-electron chi connectivity index (χ3n) is 3.02. The summed E-state index contributed by atoms with van der Waals surface area (Å²) in [6.45, 7) is 0.409. The topological polar surface area (TPSA) is 67.4 Å². The number of amides is 2. The molecule has 2 aromatic rings. The molecule has 2 rings (SSSR count). The Morgan fingerprint density at radius 1 is 1.08 bits per heavy atom. The lowest BCUT2D eigenvalue weighted by Crippen LogP contribution is -2.41. The van der Waals surface area contributed by atoms with Gasteiger partial charge in [-0.25, -0.2) is 0 Å². The highest BCUT2D eigenvalue weighted by atomic mass is 79.9. The van der Waals surface area contributed by atoms with Crippen molar-refractivity contribution in [1.82, 2.24) is 10.9 Å². The Labute approximate surface area is 153 Å². The molecule has 7 heteroatoms. The number of halogens is 2. The van der Waals surface area contributed by atoms with Crippen molar-refractivity contribution in [2.24, 2.45) is 0 Å². The van der Waals surface area contributed by atoms with Crippen LogP contribution in [0.5, 0.6) is 5.75 Å². The molecule has 2 aromatic carbocycles. The van der Waals surface area contributed by atoms with Crippen LogP contribution in [0, 0.1) is 0 Å². The lowest BCUT2D eigenvalue weighted by atomic mass is 10.2. The molecule has 5 nitrogen and oxygen atoms in total. The van der Waals surface area contributed by atoms with Gasteiger partial charge in [0.25, 0.3) is 5.91 Å². The SMILES string of the molecule is O=C(CCCOc1cccc(Br)c1)NNC(=O)c1cccc(Cl)c1. The molecule has 0 saturated heterocycles. The van der Waals surface area contributed by atoms with Crippen molar-refractivity contribution in [3.63, 3.8) is 0 Å². The van der Waals surface area contributed by atoms with Crippen LogP contribution in [0.3, 0.4) is 0 Å².